The lowest BCUT2D eigenvalue weighted by Gasteiger charge is -2.36. The normalized spacial score (nSPS) is 18.2. The fraction of sp³-hybridized carbons (Fsp3) is 0.375. The Morgan fingerprint density at radius 2 is 1.60 bits per heavy atom. The van der Waals surface area contributed by atoms with Crippen molar-refractivity contribution in [2.24, 2.45) is 5.92 Å². The van der Waals surface area contributed by atoms with Crippen molar-refractivity contribution < 1.29 is 19.1 Å². The molecule has 2 atom stereocenters. The van der Waals surface area contributed by atoms with Crippen LogP contribution < -0.4 is 20.1 Å². The zero-order valence-electron chi connectivity index (χ0n) is 23.7. The van der Waals surface area contributed by atoms with Crippen molar-refractivity contribution in [3.05, 3.63) is 91.4 Å². The molecule has 5 rings (SSSR count). The molecule has 43 heavy (non-hydrogen) atoms. The largest absolute Gasteiger partial charge is 0.490 e. The van der Waals surface area contributed by atoms with Gasteiger partial charge in [0.25, 0.3) is 5.91 Å². The topological polar surface area (TPSA) is 79.9 Å². The van der Waals surface area contributed by atoms with Crippen LogP contribution in [0, 0.1) is 12.8 Å². The predicted molar refractivity (Wildman–Crippen MR) is 171 cm³/mol. The van der Waals surface area contributed by atoms with E-state index in [-0.39, 0.29) is 43.0 Å². The highest BCUT2D eigenvalue weighted by Crippen LogP contribution is 2.34. The van der Waals surface area contributed by atoms with Crippen LogP contribution in [0.5, 0.6) is 11.5 Å². The molecule has 1 saturated carbocycles. The number of carbonyl (C=O) groups is 2. The van der Waals surface area contributed by atoms with Crippen molar-refractivity contribution in [2.75, 3.05) is 26.3 Å². The SMILES string of the molecule is Cc1cc(Cl)c(OCCOc2ccc(C(=O)NC3CCNCC3C(=O)N(Cc3ccc(Cl)cc3Cl)C3CC3)cc2)c(Cl)c1. The first kappa shape index (κ1) is 31.7. The summed E-state index contributed by atoms with van der Waals surface area (Å²) in [5.41, 5.74) is 2.29. The molecule has 2 aliphatic rings. The molecule has 2 amide bonds. The number of carbonyl (C=O) groups excluding carboxylic acids is 2. The minimum absolute atomic E-state index is 0.0187. The molecule has 1 aliphatic heterocycles. The quantitative estimate of drug-likeness (QED) is 0.217. The molecule has 0 aromatic heterocycles. The summed E-state index contributed by atoms with van der Waals surface area (Å²) < 4.78 is 11.5. The number of nitrogens with zero attached hydrogens (tertiary/aromatic N) is 1. The summed E-state index contributed by atoms with van der Waals surface area (Å²) in [7, 11) is 0. The third kappa shape index (κ3) is 8.28. The van der Waals surface area contributed by atoms with E-state index in [1.807, 2.05) is 17.9 Å². The second-order valence-corrected chi connectivity index (χ2v) is 12.5. The van der Waals surface area contributed by atoms with Crippen molar-refractivity contribution in [1.82, 2.24) is 15.5 Å². The highest BCUT2D eigenvalue weighted by Gasteiger charge is 2.40. The first-order valence-electron chi connectivity index (χ1n) is 14.3. The van der Waals surface area contributed by atoms with Crippen LogP contribution in [0.1, 0.15) is 40.7 Å². The van der Waals surface area contributed by atoms with Gasteiger partial charge in [0.1, 0.15) is 19.0 Å². The number of benzene rings is 3. The van der Waals surface area contributed by atoms with Gasteiger partial charge in [-0.05, 0) is 92.4 Å². The van der Waals surface area contributed by atoms with Crippen molar-refractivity contribution in [3.8, 4) is 11.5 Å². The number of rotatable bonds is 11. The third-order valence-electron chi connectivity index (χ3n) is 7.60. The van der Waals surface area contributed by atoms with E-state index >= 15 is 0 Å². The smallest absolute Gasteiger partial charge is 0.251 e. The van der Waals surface area contributed by atoms with Gasteiger partial charge >= 0.3 is 0 Å². The van der Waals surface area contributed by atoms with E-state index in [2.05, 4.69) is 10.6 Å². The average Bonchev–Trinajstić information content (AvgIpc) is 3.82. The highest BCUT2D eigenvalue weighted by molar-refractivity contribution is 6.37. The van der Waals surface area contributed by atoms with Gasteiger partial charge < -0.3 is 25.0 Å². The molecule has 2 N–H and O–H groups in total. The van der Waals surface area contributed by atoms with Gasteiger partial charge in [-0.3, -0.25) is 9.59 Å². The molecule has 0 radical (unpaired) electrons. The lowest BCUT2D eigenvalue weighted by Crippen LogP contribution is -2.55. The first-order chi connectivity index (χ1) is 20.7. The number of amides is 2. The van der Waals surface area contributed by atoms with Gasteiger partial charge in [-0.1, -0.05) is 52.5 Å². The molecule has 11 heteroatoms. The Hall–Kier alpha value is -2.68. The van der Waals surface area contributed by atoms with E-state index in [9.17, 15) is 9.59 Å². The van der Waals surface area contributed by atoms with E-state index in [4.69, 9.17) is 55.9 Å². The monoisotopic (exact) mass is 663 g/mol. The predicted octanol–water partition coefficient (Wildman–Crippen LogP) is 6.97. The maximum atomic E-state index is 13.8. The van der Waals surface area contributed by atoms with Crippen LogP contribution in [0.15, 0.2) is 54.6 Å². The van der Waals surface area contributed by atoms with Crippen molar-refractivity contribution in [3.63, 3.8) is 0 Å². The van der Waals surface area contributed by atoms with Crippen LogP contribution in [0.2, 0.25) is 20.1 Å². The Bertz CT molecular complexity index is 1440. The molecule has 1 aliphatic carbocycles. The minimum Gasteiger partial charge on any atom is -0.490 e. The molecule has 2 unspecified atom stereocenters. The lowest BCUT2D eigenvalue weighted by molar-refractivity contribution is -0.138. The number of hydrogen-bond donors (Lipinski definition) is 2. The average molecular weight is 665 g/mol. The molecule has 228 valence electrons. The first-order valence-corrected chi connectivity index (χ1v) is 15.8. The van der Waals surface area contributed by atoms with Gasteiger partial charge in [-0.25, -0.2) is 0 Å². The number of halogens is 4. The summed E-state index contributed by atoms with van der Waals surface area (Å²) in [5, 5.41) is 8.43. The molecular weight excluding hydrogens is 632 g/mol. The minimum atomic E-state index is -0.387. The van der Waals surface area contributed by atoms with Gasteiger partial charge in [0.15, 0.2) is 5.75 Å². The van der Waals surface area contributed by atoms with Gasteiger partial charge in [0.05, 0.1) is 16.0 Å². The highest BCUT2D eigenvalue weighted by atomic mass is 35.5. The van der Waals surface area contributed by atoms with Crippen LogP contribution in [-0.4, -0.2) is 55.1 Å². The lowest BCUT2D eigenvalue weighted by atomic mass is 9.91. The zero-order chi connectivity index (χ0) is 30.5. The Kier molecular flexibility index (Phi) is 10.6. The maximum Gasteiger partial charge on any atom is 0.251 e. The third-order valence-corrected chi connectivity index (χ3v) is 8.75. The Morgan fingerprint density at radius 1 is 0.907 bits per heavy atom. The van der Waals surface area contributed by atoms with Crippen LogP contribution >= 0.6 is 46.4 Å². The van der Waals surface area contributed by atoms with Gasteiger partial charge in [-0.15, -0.1) is 0 Å². The summed E-state index contributed by atoms with van der Waals surface area (Å²) in [6, 6.07) is 15.7. The fourth-order valence-corrected chi connectivity index (χ4v) is 6.37. The molecule has 1 heterocycles. The number of nitrogens with one attached hydrogen (secondary N) is 2. The second kappa shape index (κ2) is 14.4. The summed E-state index contributed by atoms with van der Waals surface area (Å²) in [6.07, 6.45) is 2.57. The van der Waals surface area contributed by atoms with Crippen LogP contribution in [0.3, 0.4) is 0 Å². The number of piperidine rings is 1. The molecule has 0 spiro atoms. The van der Waals surface area contributed by atoms with E-state index in [0.29, 0.717) is 56.7 Å². The van der Waals surface area contributed by atoms with Gasteiger partial charge in [0, 0.05) is 40.8 Å². The molecule has 1 saturated heterocycles. The zero-order valence-corrected chi connectivity index (χ0v) is 26.7. The van der Waals surface area contributed by atoms with Crippen LogP contribution in [0.4, 0.5) is 0 Å². The molecule has 0 bridgehead atoms. The number of hydrogen-bond acceptors (Lipinski definition) is 5. The van der Waals surface area contributed by atoms with E-state index < -0.39 is 0 Å². The van der Waals surface area contributed by atoms with Gasteiger partial charge in [-0.2, -0.15) is 0 Å². The van der Waals surface area contributed by atoms with Gasteiger partial charge in [0.2, 0.25) is 5.91 Å². The molecule has 3 aromatic rings. The molecule has 7 nitrogen and oxygen atoms in total. The summed E-state index contributed by atoms with van der Waals surface area (Å²) in [5.74, 6) is 0.417. The number of ether oxygens (including phenoxy) is 2. The van der Waals surface area contributed by atoms with Crippen molar-refractivity contribution in [2.45, 2.75) is 44.8 Å². The van der Waals surface area contributed by atoms with Crippen molar-refractivity contribution >= 4 is 58.2 Å². The fourth-order valence-electron chi connectivity index (χ4n) is 5.19. The van der Waals surface area contributed by atoms with Crippen molar-refractivity contribution in [1.29, 1.82) is 0 Å². The van der Waals surface area contributed by atoms with Crippen LogP contribution in [-0.2, 0) is 11.3 Å². The molecular formula is C32H33Cl4N3O4. The second-order valence-electron chi connectivity index (χ2n) is 10.9. The van der Waals surface area contributed by atoms with E-state index in [1.165, 1.54) is 0 Å². The Balaban J connectivity index is 1.16. The van der Waals surface area contributed by atoms with E-state index in [1.54, 1.807) is 48.5 Å². The summed E-state index contributed by atoms with van der Waals surface area (Å²) in [6.45, 7) is 4.04. The Morgan fingerprint density at radius 3 is 2.28 bits per heavy atom. The van der Waals surface area contributed by atoms with Crippen LogP contribution in [0.25, 0.3) is 0 Å². The van der Waals surface area contributed by atoms with E-state index in [0.717, 1.165) is 30.5 Å². The summed E-state index contributed by atoms with van der Waals surface area (Å²) in [4.78, 5) is 28.9. The molecule has 2 fully saturated rings. The molecule has 3 aromatic carbocycles. The standard InChI is InChI=1S/C32H33Cl4N3O4/c1-19-14-27(35)30(28(36)15-19)43-13-12-42-24-8-3-20(4-9-24)31(40)38-29-10-11-37-17-25(29)32(41)39(23-6-7-23)18-21-2-5-22(33)16-26(21)34/h2-5,8-9,14-16,23,25,29,37H,6-7,10-13,17-18H2,1H3,(H,38,40). The maximum absolute atomic E-state index is 13.8. The summed E-state index contributed by atoms with van der Waals surface area (Å²) >= 11 is 24.9. The number of aryl methyl sites for hydroxylation is 1. The Labute approximate surface area is 271 Å².